The Labute approximate surface area is 224 Å². The van der Waals surface area contributed by atoms with Gasteiger partial charge >= 0.3 is 0 Å². The predicted molar refractivity (Wildman–Crippen MR) is 161 cm³/mol. The van der Waals surface area contributed by atoms with Crippen molar-refractivity contribution in [3.8, 4) is 0 Å². The van der Waals surface area contributed by atoms with Crippen LogP contribution < -0.4 is 0 Å². The Morgan fingerprint density at radius 2 is 0.947 bits per heavy atom. The van der Waals surface area contributed by atoms with Gasteiger partial charge in [0, 0.05) is 38.3 Å². The molecule has 0 spiro atoms. The van der Waals surface area contributed by atoms with Crippen molar-refractivity contribution in [3.63, 3.8) is 0 Å². The molecular formula is C36H32N2. The van der Waals surface area contributed by atoms with E-state index < -0.39 is 0 Å². The Hall–Kier alpha value is -3.72. The number of fused-ring (bicyclic) bond motifs is 8. The lowest BCUT2D eigenvalue weighted by molar-refractivity contribution is 0.0572. The summed E-state index contributed by atoms with van der Waals surface area (Å²) in [5, 5.41) is 11.0. The van der Waals surface area contributed by atoms with Crippen LogP contribution in [0.2, 0.25) is 0 Å². The fraction of sp³-hybridized carbons (Fsp3) is 0.222. The van der Waals surface area contributed by atoms with Crippen molar-refractivity contribution in [2.24, 2.45) is 0 Å². The molecule has 0 amide bonds. The lowest BCUT2D eigenvalue weighted by Gasteiger charge is -2.41. The van der Waals surface area contributed by atoms with E-state index >= 15 is 0 Å². The van der Waals surface area contributed by atoms with Crippen LogP contribution in [-0.4, -0.2) is 35.0 Å². The largest absolute Gasteiger partial charge is 0.296 e. The number of rotatable bonds is 4. The van der Waals surface area contributed by atoms with Crippen LogP contribution in [0.1, 0.15) is 24.0 Å². The van der Waals surface area contributed by atoms with Crippen molar-refractivity contribution in [1.82, 2.24) is 9.80 Å². The van der Waals surface area contributed by atoms with Gasteiger partial charge in [0.2, 0.25) is 0 Å². The van der Waals surface area contributed by atoms with E-state index in [0.717, 1.165) is 26.2 Å². The van der Waals surface area contributed by atoms with Gasteiger partial charge in [0.25, 0.3) is 0 Å². The van der Waals surface area contributed by atoms with Gasteiger partial charge in [-0.2, -0.15) is 0 Å². The Kier molecular flexibility index (Phi) is 5.24. The second kappa shape index (κ2) is 8.94. The maximum atomic E-state index is 2.82. The monoisotopic (exact) mass is 492 g/mol. The first-order valence-corrected chi connectivity index (χ1v) is 14.1. The summed E-state index contributed by atoms with van der Waals surface area (Å²) < 4.78 is 0. The molecule has 8 rings (SSSR count). The quantitative estimate of drug-likeness (QED) is 0.229. The van der Waals surface area contributed by atoms with Crippen LogP contribution >= 0.6 is 0 Å². The van der Waals surface area contributed by atoms with Crippen molar-refractivity contribution >= 4 is 43.1 Å². The molecule has 2 saturated heterocycles. The molecule has 0 aromatic heterocycles. The molecule has 2 heteroatoms. The first-order valence-electron chi connectivity index (χ1n) is 14.1. The van der Waals surface area contributed by atoms with Crippen LogP contribution in [0.4, 0.5) is 0 Å². The Balaban J connectivity index is 1.06. The van der Waals surface area contributed by atoms with E-state index in [2.05, 4.69) is 119 Å². The van der Waals surface area contributed by atoms with E-state index in [1.54, 1.807) is 0 Å². The number of likely N-dealkylation sites (tertiary alicyclic amines) is 1. The van der Waals surface area contributed by atoms with Crippen molar-refractivity contribution in [2.45, 2.75) is 38.0 Å². The highest BCUT2D eigenvalue weighted by atomic mass is 15.3. The van der Waals surface area contributed by atoms with Gasteiger partial charge in [-0.15, -0.1) is 0 Å². The van der Waals surface area contributed by atoms with Crippen LogP contribution in [0, 0.1) is 0 Å². The zero-order chi connectivity index (χ0) is 25.1. The van der Waals surface area contributed by atoms with E-state index in [4.69, 9.17) is 0 Å². The standard InChI is InChI=1S/C36H32N2/c1-3-11-31-25(7-1)15-19-33-27(9-5-13-35(31)33)21-37-23-29-17-18-30(24-37)38(29)22-28-10-6-14-36-32-12-4-2-8-26(32)16-20-34(28)36/h1-16,19-20,29-30H,17-18,21-24H2/t29-,30+. The van der Waals surface area contributed by atoms with E-state index in [9.17, 15) is 0 Å². The van der Waals surface area contributed by atoms with Crippen LogP contribution in [0.15, 0.2) is 109 Å². The second-order valence-electron chi connectivity index (χ2n) is 11.3. The van der Waals surface area contributed by atoms with Gasteiger partial charge < -0.3 is 0 Å². The lowest BCUT2D eigenvalue weighted by atomic mass is 9.97. The molecule has 0 aliphatic carbocycles. The smallest absolute Gasteiger partial charge is 0.0246 e. The normalized spacial score (nSPS) is 20.2. The summed E-state index contributed by atoms with van der Waals surface area (Å²) in [5.74, 6) is 0. The van der Waals surface area contributed by atoms with Crippen LogP contribution in [-0.2, 0) is 13.1 Å². The van der Waals surface area contributed by atoms with E-state index in [1.165, 1.54) is 67.1 Å². The third-order valence-corrected chi connectivity index (χ3v) is 9.21. The highest BCUT2D eigenvalue weighted by Gasteiger charge is 2.39. The van der Waals surface area contributed by atoms with Crippen molar-refractivity contribution in [1.29, 1.82) is 0 Å². The molecule has 2 bridgehead atoms. The molecule has 2 heterocycles. The summed E-state index contributed by atoms with van der Waals surface area (Å²) in [4.78, 5) is 5.54. The molecule has 6 aromatic carbocycles. The Bertz CT molecular complexity index is 1810. The highest BCUT2D eigenvalue weighted by molar-refractivity contribution is 6.09. The molecule has 2 aliphatic heterocycles. The maximum Gasteiger partial charge on any atom is 0.0246 e. The molecule has 186 valence electrons. The molecule has 2 fully saturated rings. The van der Waals surface area contributed by atoms with Gasteiger partial charge in [0.05, 0.1) is 0 Å². The third-order valence-electron chi connectivity index (χ3n) is 9.21. The number of piperazine rings is 1. The number of nitrogens with zero attached hydrogens (tertiary/aromatic N) is 2. The molecule has 0 unspecified atom stereocenters. The molecule has 2 aliphatic rings. The molecule has 38 heavy (non-hydrogen) atoms. The molecule has 0 N–H and O–H groups in total. The minimum atomic E-state index is 0.639. The molecule has 6 aromatic rings. The van der Waals surface area contributed by atoms with E-state index in [1.807, 2.05) is 0 Å². The first kappa shape index (κ1) is 22.3. The second-order valence-corrected chi connectivity index (χ2v) is 11.3. The van der Waals surface area contributed by atoms with Crippen molar-refractivity contribution in [3.05, 3.63) is 120 Å². The average Bonchev–Trinajstić information content (AvgIpc) is 3.19. The number of hydrogen-bond donors (Lipinski definition) is 0. The van der Waals surface area contributed by atoms with E-state index in [0.29, 0.717) is 12.1 Å². The maximum absolute atomic E-state index is 2.82. The topological polar surface area (TPSA) is 6.48 Å². The van der Waals surface area contributed by atoms with Gasteiger partial charge in [-0.1, -0.05) is 109 Å². The van der Waals surface area contributed by atoms with Gasteiger partial charge in [0.1, 0.15) is 0 Å². The van der Waals surface area contributed by atoms with Crippen LogP contribution in [0.25, 0.3) is 43.1 Å². The van der Waals surface area contributed by atoms with Gasteiger partial charge in [-0.05, 0) is 67.1 Å². The average molecular weight is 493 g/mol. The summed E-state index contributed by atoms with van der Waals surface area (Å²) in [6, 6.07) is 41.9. The predicted octanol–water partition coefficient (Wildman–Crippen LogP) is 8.15. The van der Waals surface area contributed by atoms with Crippen molar-refractivity contribution in [2.75, 3.05) is 13.1 Å². The van der Waals surface area contributed by atoms with Gasteiger partial charge in [-0.3, -0.25) is 9.80 Å². The summed E-state index contributed by atoms with van der Waals surface area (Å²) in [6.45, 7) is 4.41. The first-order chi connectivity index (χ1) is 18.8. The molecule has 2 nitrogen and oxygen atoms in total. The SMILES string of the molecule is c1ccc2c(c1)ccc1c(CN3C[C@H]4CC[C@@H](C3)N4Cc3cccc4c3ccc3ccccc34)cccc12. The molecule has 2 atom stereocenters. The number of benzene rings is 6. The van der Waals surface area contributed by atoms with Gasteiger partial charge in [0.15, 0.2) is 0 Å². The zero-order valence-corrected chi connectivity index (χ0v) is 21.7. The van der Waals surface area contributed by atoms with Crippen molar-refractivity contribution < 1.29 is 0 Å². The summed E-state index contributed by atoms with van der Waals surface area (Å²) in [7, 11) is 0. The fourth-order valence-electron chi connectivity index (χ4n) is 7.39. The lowest BCUT2D eigenvalue weighted by Crippen LogP contribution is -2.52. The summed E-state index contributed by atoms with van der Waals surface area (Å²) >= 11 is 0. The third kappa shape index (κ3) is 3.63. The minimum Gasteiger partial charge on any atom is -0.296 e. The highest BCUT2D eigenvalue weighted by Crippen LogP contribution is 2.36. The molecule has 0 saturated carbocycles. The molecule has 0 radical (unpaired) electrons. The van der Waals surface area contributed by atoms with Crippen LogP contribution in [0.3, 0.4) is 0 Å². The fourth-order valence-corrected chi connectivity index (χ4v) is 7.39. The summed E-state index contributed by atoms with van der Waals surface area (Å²) in [5.41, 5.74) is 2.93. The zero-order valence-electron chi connectivity index (χ0n) is 21.7. The summed E-state index contributed by atoms with van der Waals surface area (Å²) in [6.07, 6.45) is 2.63. The van der Waals surface area contributed by atoms with Crippen LogP contribution in [0.5, 0.6) is 0 Å². The Morgan fingerprint density at radius 3 is 1.53 bits per heavy atom. The van der Waals surface area contributed by atoms with E-state index in [-0.39, 0.29) is 0 Å². The number of hydrogen-bond acceptors (Lipinski definition) is 2. The molecular weight excluding hydrogens is 460 g/mol. The Morgan fingerprint density at radius 1 is 0.447 bits per heavy atom. The minimum absolute atomic E-state index is 0.639. The van der Waals surface area contributed by atoms with Gasteiger partial charge in [-0.25, -0.2) is 0 Å².